The molecule has 0 spiro atoms. The van der Waals surface area contributed by atoms with E-state index in [1.807, 2.05) is 0 Å². The number of hydrogen-bond acceptors (Lipinski definition) is 2. The molecule has 0 saturated heterocycles. The van der Waals surface area contributed by atoms with E-state index >= 15 is 0 Å². The van der Waals surface area contributed by atoms with Crippen molar-refractivity contribution in [3.8, 4) is 0 Å². The Morgan fingerprint density at radius 1 is 1.50 bits per heavy atom. The lowest BCUT2D eigenvalue weighted by Crippen LogP contribution is -2.14. The van der Waals surface area contributed by atoms with Gasteiger partial charge in [-0.3, -0.25) is 4.79 Å². The third-order valence-corrected chi connectivity index (χ3v) is 1.53. The molecule has 0 unspecified atom stereocenters. The molecule has 0 fully saturated rings. The van der Waals surface area contributed by atoms with Gasteiger partial charge < -0.3 is 11.5 Å². The van der Waals surface area contributed by atoms with Crippen LogP contribution in [0.15, 0.2) is 18.2 Å². The smallest absolute Gasteiger partial charge is 0.251 e. The fraction of sp³-hybridized carbons (Fsp3) is 0.125. The molecule has 0 aliphatic carbocycles. The van der Waals surface area contributed by atoms with E-state index in [1.54, 1.807) is 0 Å². The van der Waals surface area contributed by atoms with E-state index in [0.717, 1.165) is 0 Å². The van der Waals surface area contributed by atoms with Gasteiger partial charge in [0.05, 0.1) is 5.56 Å². The van der Waals surface area contributed by atoms with Crippen molar-refractivity contribution in [1.29, 1.82) is 0 Å². The molecule has 3 nitrogen and oxygen atoms in total. The molecule has 0 heterocycles. The number of amides is 1. The predicted octanol–water partition coefficient (Wildman–Crippen LogP) is 0.383. The summed E-state index contributed by atoms with van der Waals surface area (Å²) in [4.78, 5) is 10.6. The van der Waals surface area contributed by atoms with Gasteiger partial charge >= 0.3 is 0 Å². The van der Waals surface area contributed by atoms with Gasteiger partial charge in [-0.1, -0.05) is 6.07 Å². The number of rotatable bonds is 2. The van der Waals surface area contributed by atoms with Crippen molar-refractivity contribution < 1.29 is 9.18 Å². The first-order chi connectivity index (χ1) is 5.65. The highest BCUT2D eigenvalue weighted by Gasteiger charge is 2.07. The van der Waals surface area contributed by atoms with Crippen LogP contribution in [0.5, 0.6) is 0 Å². The van der Waals surface area contributed by atoms with Gasteiger partial charge in [0.1, 0.15) is 5.82 Å². The molecule has 1 rings (SSSR count). The second kappa shape index (κ2) is 3.32. The highest BCUT2D eigenvalue weighted by atomic mass is 19.1. The van der Waals surface area contributed by atoms with E-state index in [1.165, 1.54) is 18.2 Å². The predicted molar refractivity (Wildman–Crippen MR) is 42.8 cm³/mol. The Labute approximate surface area is 69.2 Å². The molecule has 0 saturated carbocycles. The number of benzene rings is 1. The average molecular weight is 168 g/mol. The summed E-state index contributed by atoms with van der Waals surface area (Å²) in [7, 11) is 0. The summed E-state index contributed by atoms with van der Waals surface area (Å²) in [5, 5.41) is 0. The SMILES string of the molecule is NCc1ccc(F)c(C(N)=O)c1. The van der Waals surface area contributed by atoms with Gasteiger partial charge in [0, 0.05) is 6.54 Å². The van der Waals surface area contributed by atoms with Gasteiger partial charge in [0.15, 0.2) is 0 Å². The van der Waals surface area contributed by atoms with Crippen molar-refractivity contribution in [2.75, 3.05) is 0 Å². The van der Waals surface area contributed by atoms with Crippen LogP contribution in [0.1, 0.15) is 15.9 Å². The third kappa shape index (κ3) is 1.60. The Morgan fingerprint density at radius 2 is 2.17 bits per heavy atom. The van der Waals surface area contributed by atoms with Crippen LogP contribution in [-0.4, -0.2) is 5.91 Å². The standard InChI is InChI=1S/C8H9FN2O/c9-7-2-1-5(4-10)3-6(7)8(11)12/h1-3H,4,10H2,(H2,11,12). The van der Waals surface area contributed by atoms with Crippen LogP contribution in [0.3, 0.4) is 0 Å². The molecule has 0 aliphatic heterocycles. The quantitative estimate of drug-likeness (QED) is 0.670. The number of nitrogens with two attached hydrogens (primary N) is 2. The van der Waals surface area contributed by atoms with Crippen molar-refractivity contribution in [3.05, 3.63) is 35.1 Å². The lowest BCUT2D eigenvalue weighted by molar-refractivity contribution is 0.0996. The minimum Gasteiger partial charge on any atom is -0.366 e. The maximum Gasteiger partial charge on any atom is 0.251 e. The Morgan fingerprint density at radius 3 is 2.67 bits per heavy atom. The monoisotopic (exact) mass is 168 g/mol. The van der Waals surface area contributed by atoms with Crippen molar-refractivity contribution in [2.24, 2.45) is 11.5 Å². The molecule has 1 amide bonds. The lowest BCUT2D eigenvalue weighted by atomic mass is 10.1. The maximum absolute atomic E-state index is 12.8. The molecule has 1 aromatic carbocycles. The van der Waals surface area contributed by atoms with Crippen molar-refractivity contribution in [3.63, 3.8) is 0 Å². The molecule has 64 valence electrons. The summed E-state index contributed by atoms with van der Waals surface area (Å²) in [5.74, 6) is -1.39. The van der Waals surface area contributed by atoms with Crippen molar-refractivity contribution in [1.82, 2.24) is 0 Å². The van der Waals surface area contributed by atoms with Crippen LogP contribution in [0.4, 0.5) is 4.39 Å². The van der Waals surface area contributed by atoms with Crippen LogP contribution in [0.25, 0.3) is 0 Å². The Bertz CT molecular complexity index is 312. The summed E-state index contributed by atoms with van der Waals surface area (Å²) in [6.45, 7) is 0.264. The van der Waals surface area contributed by atoms with Crippen LogP contribution in [-0.2, 0) is 6.54 Å². The highest BCUT2D eigenvalue weighted by Crippen LogP contribution is 2.09. The summed E-state index contributed by atoms with van der Waals surface area (Å²) < 4.78 is 12.8. The van der Waals surface area contributed by atoms with Gasteiger partial charge in [-0.05, 0) is 17.7 Å². The van der Waals surface area contributed by atoms with Crippen molar-refractivity contribution in [2.45, 2.75) is 6.54 Å². The van der Waals surface area contributed by atoms with Gasteiger partial charge in [-0.2, -0.15) is 0 Å². The van der Waals surface area contributed by atoms with Crippen LogP contribution < -0.4 is 11.5 Å². The van der Waals surface area contributed by atoms with E-state index < -0.39 is 11.7 Å². The largest absolute Gasteiger partial charge is 0.366 e. The van der Waals surface area contributed by atoms with E-state index in [0.29, 0.717) is 5.56 Å². The molecular weight excluding hydrogens is 159 g/mol. The van der Waals surface area contributed by atoms with Crippen LogP contribution >= 0.6 is 0 Å². The maximum atomic E-state index is 12.8. The second-order valence-corrected chi connectivity index (χ2v) is 2.38. The fourth-order valence-electron chi connectivity index (χ4n) is 0.888. The van der Waals surface area contributed by atoms with Gasteiger partial charge in [-0.25, -0.2) is 4.39 Å². The fourth-order valence-corrected chi connectivity index (χ4v) is 0.888. The summed E-state index contributed by atoms with van der Waals surface area (Å²) in [5.41, 5.74) is 10.8. The number of carbonyl (C=O) groups is 1. The molecule has 1 aromatic rings. The first kappa shape index (κ1) is 8.67. The van der Waals surface area contributed by atoms with Gasteiger partial charge in [0.25, 0.3) is 5.91 Å². The minimum absolute atomic E-state index is 0.113. The van der Waals surface area contributed by atoms with Crippen LogP contribution in [0, 0.1) is 5.82 Å². The summed E-state index contributed by atoms with van der Waals surface area (Å²) in [6, 6.07) is 4.06. The average Bonchev–Trinajstić information content (AvgIpc) is 2.05. The van der Waals surface area contributed by atoms with E-state index in [2.05, 4.69) is 0 Å². The van der Waals surface area contributed by atoms with Crippen molar-refractivity contribution >= 4 is 5.91 Å². The first-order valence-electron chi connectivity index (χ1n) is 3.43. The normalized spacial score (nSPS) is 9.83. The lowest BCUT2D eigenvalue weighted by Gasteiger charge is -2.00. The Kier molecular flexibility index (Phi) is 2.40. The number of halogens is 1. The zero-order chi connectivity index (χ0) is 9.14. The molecule has 12 heavy (non-hydrogen) atoms. The molecule has 0 bridgehead atoms. The van der Waals surface area contributed by atoms with E-state index in [-0.39, 0.29) is 12.1 Å². The molecule has 0 aromatic heterocycles. The van der Waals surface area contributed by atoms with E-state index in [9.17, 15) is 9.18 Å². The molecule has 4 N–H and O–H groups in total. The number of hydrogen-bond donors (Lipinski definition) is 2. The van der Waals surface area contributed by atoms with Gasteiger partial charge in [-0.15, -0.1) is 0 Å². The molecule has 0 radical (unpaired) electrons. The molecule has 4 heteroatoms. The number of carbonyl (C=O) groups excluding carboxylic acids is 1. The first-order valence-corrected chi connectivity index (χ1v) is 3.43. The zero-order valence-electron chi connectivity index (χ0n) is 6.38. The molecular formula is C8H9FN2O. The third-order valence-electron chi connectivity index (χ3n) is 1.53. The Balaban J connectivity index is 3.17. The minimum atomic E-state index is -0.775. The topological polar surface area (TPSA) is 69.1 Å². The van der Waals surface area contributed by atoms with Gasteiger partial charge in [0.2, 0.25) is 0 Å². The van der Waals surface area contributed by atoms with E-state index in [4.69, 9.17) is 11.5 Å². The second-order valence-electron chi connectivity index (χ2n) is 2.38. The number of primary amides is 1. The Hall–Kier alpha value is -1.42. The van der Waals surface area contributed by atoms with Crippen LogP contribution in [0.2, 0.25) is 0 Å². The zero-order valence-corrected chi connectivity index (χ0v) is 6.38. The summed E-state index contributed by atoms with van der Waals surface area (Å²) in [6.07, 6.45) is 0. The molecule has 0 aliphatic rings. The molecule has 0 atom stereocenters. The summed E-state index contributed by atoms with van der Waals surface area (Å²) >= 11 is 0. The highest BCUT2D eigenvalue weighted by molar-refractivity contribution is 5.93.